The number of aromatic amines is 2. The first-order valence-corrected chi connectivity index (χ1v) is 8.97. The molecule has 3 aromatic rings. The van der Waals surface area contributed by atoms with Gasteiger partial charge in [-0.1, -0.05) is 12.8 Å². The standard InChI is InChI=1S/C19H21N5O3/c1-27-18(25)14-8-12(9-16-13(14)6-7-20-16)21-19(26)22-17-10-15(23-24-17)11-4-2-3-5-11/h6-11,20H,2-5H2,1H3,(H3,21,22,23,24,26). The number of anilines is 2. The SMILES string of the molecule is COC(=O)c1cc(NC(=O)Nc2cc(C3CCCC3)[nH]n2)cc2[nH]ccc12. The van der Waals surface area contributed by atoms with Crippen LogP contribution < -0.4 is 10.6 Å². The molecule has 2 aromatic heterocycles. The lowest BCUT2D eigenvalue weighted by Crippen LogP contribution is -2.20. The molecule has 2 amide bonds. The quantitative estimate of drug-likeness (QED) is 0.523. The Morgan fingerprint density at radius 2 is 2.00 bits per heavy atom. The number of benzene rings is 1. The highest BCUT2D eigenvalue weighted by atomic mass is 16.5. The smallest absolute Gasteiger partial charge is 0.338 e. The molecule has 8 nitrogen and oxygen atoms in total. The summed E-state index contributed by atoms with van der Waals surface area (Å²) >= 11 is 0. The third-order valence-corrected chi connectivity index (χ3v) is 4.97. The molecule has 0 saturated heterocycles. The monoisotopic (exact) mass is 367 g/mol. The number of ether oxygens (including phenoxy) is 1. The third-order valence-electron chi connectivity index (χ3n) is 4.97. The molecule has 140 valence electrons. The lowest BCUT2D eigenvalue weighted by molar-refractivity contribution is 0.0603. The van der Waals surface area contributed by atoms with Gasteiger partial charge in [-0.3, -0.25) is 10.4 Å². The minimum absolute atomic E-state index is 0.384. The van der Waals surface area contributed by atoms with Crippen LogP contribution in [0.4, 0.5) is 16.3 Å². The van der Waals surface area contributed by atoms with E-state index in [-0.39, 0.29) is 0 Å². The van der Waals surface area contributed by atoms with Crippen LogP contribution in [0.1, 0.15) is 47.7 Å². The Morgan fingerprint density at radius 3 is 2.78 bits per heavy atom. The van der Waals surface area contributed by atoms with Crippen molar-refractivity contribution in [1.29, 1.82) is 0 Å². The minimum Gasteiger partial charge on any atom is -0.465 e. The number of rotatable bonds is 4. The van der Waals surface area contributed by atoms with E-state index in [4.69, 9.17) is 4.74 Å². The molecule has 0 spiro atoms. The molecule has 8 heteroatoms. The first-order chi connectivity index (χ1) is 13.1. The average molecular weight is 367 g/mol. The van der Waals surface area contributed by atoms with Crippen molar-refractivity contribution in [2.24, 2.45) is 0 Å². The zero-order valence-corrected chi connectivity index (χ0v) is 15.0. The van der Waals surface area contributed by atoms with Gasteiger partial charge in [0, 0.05) is 40.5 Å². The van der Waals surface area contributed by atoms with E-state index in [1.165, 1.54) is 20.0 Å². The van der Waals surface area contributed by atoms with Gasteiger partial charge in [-0.25, -0.2) is 9.59 Å². The summed E-state index contributed by atoms with van der Waals surface area (Å²) in [6, 6.07) is 6.59. The summed E-state index contributed by atoms with van der Waals surface area (Å²) in [5, 5.41) is 13.4. The van der Waals surface area contributed by atoms with E-state index >= 15 is 0 Å². The number of H-pyrrole nitrogens is 2. The second-order valence-electron chi connectivity index (χ2n) is 6.72. The van der Waals surface area contributed by atoms with E-state index in [1.807, 2.05) is 6.07 Å². The van der Waals surface area contributed by atoms with Gasteiger partial charge in [-0.2, -0.15) is 5.10 Å². The van der Waals surface area contributed by atoms with Crippen LogP contribution in [0.2, 0.25) is 0 Å². The zero-order chi connectivity index (χ0) is 18.8. The fraction of sp³-hybridized carbons (Fsp3) is 0.316. The predicted molar refractivity (Wildman–Crippen MR) is 102 cm³/mol. The van der Waals surface area contributed by atoms with Crippen molar-refractivity contribution in [2.75, 3.05) is 17.7 Å². The summed E-state index contributed by atoms with van der Waals surface area (Å²) in [7, 11) is 1.33. The van der Waals surface area contributed by atoms with E-state index in [0.717, 1.165) is 29.4 Å². The summed E-state index contributed by atoms with van der Waals surface area (Å²) in [4.78, 5) is 27.4. The second kappa shape index (κ2) is 7.14. The van der Waals surface area contributed by atoms with E-state index in [2.05, 4.69) is 25.8 Å². The molecule has 1 saturated carbocycles. The van der Waals surface area contributed by atoms with Crippen molar-refractivity contribution in [2.45, 2.75) is 31.6 Å². The first kappa shape index (κ1) is 17.1. The van der Waals surface area contributed by atoms with Crippen LogP contribution in [-0.2, 0) is 4.74 Å². The van der Waals surface area contributed by atoms with E-state index in [1.54, 1.807) is 24.4 Å². The Kier molecular flexibility index (Phi) is 4.53. The van der Waals surface area contributed by atoms with E-state index in [0.29, 0.717) is 23.0 Å². The van der Waals surface area contributed by atoms with Crippen molar-refractivity contribution in [3.63, 3.8) is 0 Å². The van der Waals surface area contributed by atoms with Gasteiger partial charge in [0.1, 0.15) is 0 Å². The van der Waals surface area contributed by atoms with Crippen LogP contribution in [0, 0.1) is 0 Å². The Balaban J connectivity index is 1.48. The number of nitrogens with one attached hydrogen (secondary N) is 4. The molecule has 0 radical (unpaired) electrons. The molecule has 1 aliphatic rings. The molecular weight excluding hydrogens is 346 g/mol. The van der Waals surface area contributed by atoms with Crippen LogP contribution in [0.25, 0.3) is 10.9 Å². The molecule has 1 aliphatic carbocycles. The number of carbonyl (C=O) groups excluding carboxylic acids is 2. The zero-order valence-electron chi connectivity index (χ0n) is 15.0. The maximum atomic E-state index is 12.3. The van der Waals surface area contributed by atoms with Gasteiger partial charge in [-0.15, -0.1) is 0 Å². The maximum Gasteiger partial charge on any atom is 0.338 e. The molecule has 0 aliphatic heterocycles. The summed E-state index contributed by atoms with van der Waals surface area (Å²) < 4.78 is 4.83. The van der Waals surface area contributed by atoms with Crippen LogP contribution in [0.15, 0.2) is 30.5 Å². The van der Waals surface area contributed by atoms with Gasteiger partial charge in [0.25, 0.3) is 0 Å². The molecule has 0 bridgehead atoms. The number of urea groups is 1. The Hall–Kier alpha value is -3.29. The number of carbonyl (C=O) groups is 2. The highest BCUT2D eigenvalue weighted by Gasteiger charge is 2.20. The Labute approximate surface area is 155 Å². The molecule has 4 rings (SSSR count). The van der Waals surface area contributed by atoms with Gasteiger partial charge >= 0.3 is 12.0 Å². The highest BCUT2D eigenvalue weighted by Crippen LogP contribution is 2.33. The third kappa shape index (κ3) is 3.51. The Bertz CT molecular complexity index is 984. The fourth-order valence-corrected chi connectivity index (χ4v) is 3.64. The molecule has 1 aromatic carbocycles. The number of esters is 1. The number of hydrogen-bond acceptors (Lipinski definition) is 4. The molecule has 27 heavy (non-hydrogen) atoms. The van der Waals surface area contributed by atoms with E-state index in [9.17, 15) is 9.59 Å². The summed E-state index contributed by atoms with van der Waals surface area (Å²) in [5.41, 5.74) is 2.66. The maximum absolute atomic E-state index is 12.3. The van der Waals surface area contributed by atoms with E-state index < -0.39 is 12.0 Å². The van der Waals surface area contributed by atoms with Crippen molar-refractivity contribution in [3.8, 4) is 0 Å². The Morgan fingerprint density at radius 1 is 1.19 bits per heavy atom. The lowest BCUT2D eigenvalue weighted by atomic mass is 10.0. The topological polar surface area (TPSA) is 112 Å². The van der Waals surface area contributed by atoms with Gasteiger partial charge < -0.3 is 15.0 Å². The number of nitrogens with zero attached hydrogens (tertiary/aromatic N) is 1. The van der Waals surface area contributed by atoms with Crippen molar-refractivity contribution < 1.29 is 14.3 Å². The summed E-state index contributed by atoms with van der Waals surface area (Å²) in [6.45, 7) is 0. The molecule has 1 fully saturated rings. The molecule has 2 heterocycles. The van der Waals surface area contributed by atoms with Gasteiger partial charge in [0.2, 0.25) is 0 Å². The van der Waals surface area contributed by atoms with Crippen LogP contribution in [-0.4, -0.2) is 34.3 Å². The summed E-state index contributed by atoms with van der Waals surface area (Å²) in [5.74, 6) is 0.509. The lowest BCUT2D eigenvalue weighted by Gasteiger charge is -2.08. The number of fused-ring (bicyclic) bond motifs is 1. The highest BCUT2D eigenvalue weighted by molar-refractivity contribution is 6.07. The van der Waals surface area contributed by atoms with Crippen molar-refractivity contribution in [3.05, 3.63) is 41.7 Å². The van der Waals surface area contributed by atoms with Gasteiger partial charge in [0.05, 0.1) is 12.7 Å². The van der Waals surface area contributed by atoms with Gasteiger partial charge in [0.15, 0.2) is 5.82 Å². The predicted octanol–water partition coefficient (Wildman–Crippen LogP) is 3.98. The van der Waals surface area contributed by atoms with Crippen LogP contribution in [0.3, 0.4) is 0 Å². The minimum atomic E-state index is -0.461. The summed E-state index contributed by atoms with van der Waals surface area (Å²) in [6.07, 6.45) is 6.50. The molecule has 0 unspecified atom stereocenters. The second-order valence-corrected chi connectivity index (χ2v) is 6.72. The number of hydrogen-bond donors (Lipinski definition) is 4. The molecule has 4 N–H and O–H groups in total. The van der Waals surface area contributed by atoms with Crippen LogP contribution in [0.5, 0.6) is 0 Å². The first-order valence-electron chi connectivity index (χ1n) is 8.97. The number of methoxy groups -OCH3 is 1. The normalized spacial score (nSPS) is 14.4. The van der Waals surface area contributed by atoms with Crippen LogP contribution >= 0.6 is 0 Å². The van der Waals surface area contributed by atoms with Crippen molar-refractivity contribution in [1.82, 2.24) is 15.2 Å². The largest absolute Gasteiger partial charge is 0.465 e. The van der Waals surface area contributed by atoms with Crippen molar-refractivity contribution >= 4 is 34.4 Å². The fourth-order valence-electron chi connectivity index (χ4n) is 3.64. The number of aromatic nitrogens is 3. The van der Waals surface area contributed by atoms with Gasteiger partial charge in [-0.05, 0) is 31.0 Å². The average Bonchev–Trinajstić information content (AvgIpc) is 3.40. The molecule has 0 atom stereocenters. The molecular formula is C19H21N5O3. The number of amides is 2.